The molecule has 0 saturated heterocycles. The van der Waals surface area contributed by atoms with Crippen LogP contribution in [0.1, 0.15) is 5.56 Å². The Morgan fingerprint density at radius 2 is 2.00 bits per heavy atom. The third-order valence-electron chi connectivity index (χ3n) is 4.29. The van der Waals surface area contributed by atoms with Crippen LogP contribution in [0.4, 0.5) is 11.6 Å². The molecule has 0 aliphatic carbocycles. The summed E-state index contributed by atoms with van der Waals surface area (Å²) in [6, 6.07) is 13.2. The van der Waals surface area contributed by atoms with Crippen molar-refractivity contribution in [3.8, 4) is 17.1 Å². The number of aromatic nitrogens is 3. The standard InChI is InChI=1S/C20H19N5O2/c1-25(2)19(26)18-12-13-11-14(6-7-17(13)27-18)23-20-22-10-8-16(24-20)15-5-3-4-9-21-15/h3-11,18H,12H2,1-2H3,(H,22,23,24). The second-order valence-corrected chi connectivity index (χ2v) is 6.47. The van der Waals surface area contributed by atoms with Gasteiger partial charge in [-0.05, 0) is 36.4 Å². The number of amides is 1. The van der Waals surface area contributed by atoms with E-state index < -0.39 is 6.10 Å². The molecular formula is C20H19N5O2. The first-order valence-corrected chi connectivity index (χ1v) is 8.62. The highest BCUT2D eigenvalue weighted by Crippen LogP contribution is 2.32. The summed E-state index contributed by atoms with van der Waals surface area (Å²) in [5, 5.41) is 3.21. The number of anilines is 2. The molecule has 1 unspecified atom stereocenters. The summed E-state index contributed by atoms with van der Waals surface area (Å²) in [6.07, 6.45) is 3.52. The molecule has 7 nitrogen and oxygen atoms in total. The Kier molecular flexibility index (Phi) is 4.42. The van der Waals surface area contributed by atoms with Crippen molar-refractivity contribution in [2.24, 2.45) is 0 Å². The molecular weight excluding hydrogens is 342 g/mol. The maximum absolute atomic E-state index is 12.1. The molecule has 3 aromatic rings. The molecule has 0 bridgehead atoms. The first-order valence-electron chi connectivity index (χ1n) is 8.62. The van der Waals surface area contributed by atoms with Crippen LogP contribution in [0.25, 0.3) is 11.4 Å². The Morgan fingerprint density at radius 3 is 2.78 bits per heavy atom. The molecule has 7 heteroatoms. The van der Waals surface area contributed by atoms with E-state index in [1.807, 2.05) is 42.5 Å². The Balaban J connectivity index is 1.52. The summed E-state index contributed by atoms with van der Waals surface area (Å²) < 4.78 is 5.75. The van der Waals surface area contributed by atoms with Crippen molar-refractivity contribution in [1.82, 2.24) is 19.9 Å². The van der Waals surface area contributed by atoms with Gasteiger partial charge in [-0.25, -0.2) is 9.97 Å². The Labute approximate surface area is 157 Å². The zero-order chi connectivity index (χ0) is 18.8. The summed E-state index contributed by atoms with van der Waals surface area (Å²) in [4.78, 5) is 26.8. The van der Waals surface area contributed by atoms with Crippen molar-refractivity contribution in [2.75, 3.05) is 19.4 Å². The molecule has 1 atom stereocenters. The molecule has 0 radical (unpaired) electrons. The number of rotatable bonds is 4. The van der Waals surface area contributed by atoms with Gasteiger partial charge in [0.2, 0.25) is 5.95 Å². The third kappa shape index (κ3) is 3.57. The van der Waals surface area contributed by atoms with Gasteiger partial charge in [-0.3, -0.25) is 9.78 Å². The summed E-state index contributed by atoms with van der Waals surface area (Å²) in [5.74, 6) is 1.19. The van der Waals surface area contributed by atoms with E-state index in [0.29, 0.717) is 12.4 Å². The predicted molar refractivity (Wildman–Crippen MR) is 102 cm³/mol. The molecule has 4 rings (SSSR count). The second-order valence-electron chi connectivity index (χ2n) is 6.47. The lowest BCUT2D eigenvalue weighted by atomic mass is 10.1. The van der Waals surface area contributed by atoms with Gasteiger partial charge in [0.15, 0.2) is 6.10 Å². The lowest BCUT2D eigenvalue weighted by Crippen LogP contribution is -2.36. The van der Waals surface area contributed by atoms with Crippen LogP contribution in [0, 0.1) is 0 Å². The van der Waals surface area contributed by atoms with Crippen LogP contribution >= 0.6 is 0 Å². The van der Waals surface area contributed by atoms with Crippen molar-refractivity contribution in [3.05, 3.63) is 60.4 Å². The molecule has 1 N–H and O–H groups in total. The highest BCUT2D eigenvalue weighted by atomic mass is 16.5. The normalized spacial score (nSPS) is 15.0. The number of carbonyl (C=O) groups excluding carboxylic acids is 1. The fourth-order valence-corrected chi connectivity index (χ4v) is 2.96. The lowest BCUT2D eigenvalue weighted by molar-refractivity contribution is -0.135. The number of pyridine rings is 1. The first-order chi connectivity index (χ1) is 13.1. The second kappa shape index (κ2) is 7.03. The number of ether oxygens (including phenoxy) is 1. The van der Waals surface area contributed by atoms with Crippen LogP contribution in [-0.4, -0.2) is 46.0 Å². The number of fused-ring (bicyclic) bond motifs is 1. The molecule has 0 fully saturated rings. The highest BCUT2D eigenvalue weighted by molar-refractivity contribution is 5.82. The van der Waals surface area contributed by atoms with Gasteiger partial charge in [-0.2, -0.15) is 0 Å². The number of nitrogens with zero attached hydrogens (tertiary/aromatic N) is 4. The smallest absolute Gasteiger partial charge is 0.263 e. The van der Waals surface area contributed by atoms with Crippen LogP contribution in [0.2, 0.25) is 0 Å². The minimum atomic E-state index is -0.464. The van der Waals surface area contributed by atoms with Gasteiger partial charge >= 0.3 is 0 Å². The summed E-state index contributed by atoms with van der Waals surface area (Å²) >= 11 is 0. The van der Waals surface area contributed by atoms with Crippen molar-refractivity contribution < 1.29 is 9.53 Å². The van der Waals surface area contributed by atoms with E-state index in [0.717, 1.165) is 28.4 Å². The molecule has 1 aromatic carbocycles. The molecule has 2 aromatic heterocycles. The number of benzene rings is 1. The fourth-order valence-electron chi connectivity index (χ4n) is 2.96. The van der Waals surface area contributed by atoms with Gasteiger partial charge in [0.1, 0.15) is 5.75 Å². The molecule has 1 aliphatic rings. The predicted octanol–water partition coefficient (Wildman–Crippen LogP) is 2.67. The van der Waals surface area contributed by atoms with E-state index in [4.69, 9.17) is 4.74 Å². The SMILES string of the molecule is CN(C)C(=O)C1Cc2cc(Nc3nccc(-c4ccccn4)n3)ccc2O1. The average molecular weight is 361 g/mol. The Hall–Kier alpha value is -3.48. The summed E-state index contributed by atoms with van der Waals surface area (Å²) in [7, 11) is 3.46. The minimum absolute atomic E-state index is 0.0351. The van der Waals surface area contributed by atoms with Gasteiger partial charge in [0.25, 0.3) is 5.91 Å². The van der Waals surface area contributed by atoms with E-state index in [2.05, 4.69) is 20.3 Å². The summed E-state index contributed by atoms with van der Waals surface area (Å²) in [6.45, 7) is 0. The first kappa shape index (κ1) is 17.0. The lowest BCUT2D eigenvalue weighted by Gasteiger charge is -2.15. The van der Waals surface area contributed by atoms with Crippen molar-refractivity contribution >= 4 is 17.5 Å². The molecule has 3 heterocycles. The van der Waals surface area contributed by atoms with Crippen molar-refractivity contribution in [2.45, 2.75) is 12.5 Å². The zero-order valence-electron chi connectivity index (χ0n) is 15.1. The maximum atomic E-state index is 12.1. The maximum Gasteiger partial charge on any atom is 0.263 e. The van der Waals surface area contributed by atoms with E-state index in [1.54, 1.807) is 31.4 Å². The molecule has 1 amide bonds. The fraction of sp³-hybridized carbons (Fsp3) is 0.200. The quantitative estimate of drug-likeness (QED) is 0.770. The molecule has 136 valence electrons. The van der Waals surface area contributed by atoms with E-state index >= 15 is 0 Å². The largest absolute Gasteiger partial charge is 0.480 e. The zero-order valence-corrected chi connectivity index (χ0v) is 15.1. The number of nitrogens with one attached hydrogen (secondary N) is 1. The van der Waals surface area contributed by atoms with Gasteiger partial charge in [0, 0.05) is 44.2 Å². The van der Waals surface area contributed by atoms with Gasteiger partial charge in [-0.15, -0.1) is 0 Å². The Bertz CT molecular complexity index is 975. The molecule has 0 saturated carbocycles. The number of hydrogen-bond donors (Lipinski definition) is 1. The van der Waals surface area contributed by atoms with E-state index in [9.17, 15) is 4.79 Å². The van der Waals surface area contributed by atoms with E-state index in [1.165, 1.54) is 0 Å². The van der Waals surface area contributed by atoms with Gasteiger partial charge < -0.3 is 15.0 Å². The minimum Gasteiger partial charge on any atom is -0.480 e. The monoisotopic (exact) mass is 361 g/mol. The highest BCUT2D eigenvalue weighted by Gasteiger charge is 2.30. The van der Waals surface area contributed by atoms with Crippen LogP contribution < -0.4 is 10.1 Å². The van der Waals surface area contributed by atoms with Crippen molar-refractivity contribution in [1.29, 1.82) is 0 Å². The molecule has 27 heavy (non-hydrogen) atoms. The van der Waals surface area contributed by atoms with Gasteiger partial charge in [-0.1, -0.05) is 6.07 Å². The van der Waals surface area contributed by atoms with Crippen LogP contribution in [0.3, 0.4) is 0 Å². The van der Waals surface area contributed by atoms with Crippen LogP contribution in [-0.2, 0) is 11.2 Å². The van der Waals surface area contributed by atoms with E-state index in [-0.39, 0.29) is 5.91 Å². The van der Waals surface area contributed by atoms with Crippen LogP contribution in [0.5, 0.6) is 5.75 Å². The Morgan fingerprint density at radius 1 is 1.11 bits per heavy atom. The topological polar surface area (TPSA) is 80.2 Å². The molecule has 0 spiro atoms. The average Bonchev–Trinajstić information content (AvgIpc) is 3.11. The number of carbonyl (C=O) groups is 1. The number of likely N-dealkylation sites (N-methyl/N-ethyl adjacent to an activating group) is 1. The van der Waals surface area contributed by atoms with Crippen molar-refractivity contribution in [3.63, 3.8) is 0 Å². The van der Waals surface area contributed by atoms with Crippen LogP contribution in [0.15, 0.2) is 54.9 Å². The summed E-state index contributed by atoms with van der Waals surface area (Å²) in [5.41, 5.74) is 3.36. The number of hydrogen-bond acceptors (Lipinski definition) is 6. The van der Waals surface area contributed by atoms with Gasteiger partial charge in [0.05, 0.1) is 11.4 Å². The molecule has 1 aliphatic heterocycles. The third-order valence-corrected chi connectivity index (χ3v) is 4.29.